The molecule has 0 aliphatic rings. The molecular formula is C15H16ClNO3S. The predicted octanol–water partition coefficient (Wildman–Crippen LogP) is 4.34. The highest BCUT2D eigenvalue weighted by Gasteiger charge is 2.24. The summed E-state index contributed by atoms with van der Waals surface area (Å²) in [6.45, 7) is 1.84. The van der Waals surface area contributed by atoms with Crippen molar-refractivity contribution >= 4 is 35.0 Å². The first-order valence-electron chi connectivity index (χ1n) is 6.35. The molecule has 2 N–H and O–H groups in total. The molecule has 2 rings (SSSR count). The SMILES string of the molecule is CSCc1ccc(C(Nc2cccc(Cl)c2C)C(=O)O)o1. The molecule has 1 aromatic carbocycles. The van der Waals surface area contributed by atoms with Crippen molar-refractivity contribution in [3.8, 4) is 0 Å². The summed E-state index contributed by atoms with van der Waals surface area (Å²) in [6.07, 6.45) is 1.96. The van der Waals surface area contributed by atoms with E-state index in [1.807, 2.05) is 13.2 Å². The van der Waals surface area contributed by atoms with E-state index in [9.17, 15) is 9.90 Å². The lowest BCUT2D eigenvalue weighted by atomic mass is 10.1. The Kier molecular flexibility index (Phi) is 5.20. The molecule has 1 unspecified atom stereocenters. The van der Waals surface area contributed by atoms with Crippen molar-refractivity contribution in [2.24, 2.45) is 0 Å². The summed E-state index contributed by atoms with van der Waals surface area (Å²) in [5.74, 6) is 0.849. The summed E-state index contributed by atoms with van der Waals surface area (Å²) in [7, 11) is 0. The fourth-order valence-electron chi connectivity index (χ4n) is 1.94. The maximum absolute atomic E-state index is 11.5. The lowest BCUT2D eigenvalue weighted by Gasteiger charge is -2.16. The average molecular weight is 326 g/mol. The van der Waals surface area contributed by atoms with Crippen molar-refractivity contribution in [2.45, 2.75) is 18.7 Å². The smallest absolute Gasteiger partial charge is 0.334 e. The van der Waals surface area contributed by atoms with Gasteiger partial charge in [0.05, 0.1) is 5.75 Å². The van der Waals surface area contributed by atoms with Gasteiger partial charge in [-0.15, -0.1) is 0 Å². The van der Waals surface area contributed by atoms with Crippen molar-refractivity contribution in [1.29, 1.82) is 0 Å². The number of nitrogens with one attached hydrogen (secondary N) is 1. The van der Waals surface area contributed by atoms with Crippen molar-refractivity contribution < 1.29 is 14.3 Å². The van der Waals surface area contributed by atoms with Crippen LogP contribution in [-0.2, 0) is 10.5 Å². The number of thioether (sulfide) groups is 1. The summed E-state index contributed by atoms with van der Waals surface area (Å²) >= 11 is 7.67. The van der Waals surface area contributed by atoms with E-state index < -0.39 is 12.0 Å². The van der Waals surface area contributed by atoms with Crippen LogP contribution in [0.15, 0.2) is 34.7 Å². The summed E-state index contributed by atoms with van der Waals surface area (Å²) in [6, 6.07) is 7.88. The second-order valence-corrected chi connectivity index (χ2v) is 5.84. The van der Waals surface area contributed by atoms with Gasteiger partial charge in [0, 0.05) is 10.7 Å². The Morgan fingerprint density at radius 2 is 2.19 bits per heavy atom. The molecule has 21 heavy (non-hydrogen) atoms. The zero-order valence-electron chi connectivity index (χ0n) is 11.7. The normalized spacial score (nSPS) is 12.1. The van der Waals surface area contributed by atoms with Gasteiger partial charge in [-0.2, -0.15) is 11.8 Å². The number of benzene rings is 1. The highest BCUT2D eigenvalue weighted by molar-refractivity contribution is 7.97. The van der Waals surface area contributed by atoms with Crippen LogP contribution in [0, 0.1) is 6.92 Å². The molecule has 6 heteroatoms. The van der Waals surface area contributed by atoms with Gasteiger partial charge in [0.15, 0.2) is 6.04 Å². The van der Waals surface area contributed by atoms with E-state index in [0.717, 1.165) is 11.3 Å². The van der Waals surface area contributed by atoms with Gasteiger partial charge in [-0.05, 0) is 43.0 Å². The van der Waals surface area contributed by atoms with Crippen molar-refractivity contribution in [3.63, 3.8) is 0 Å². The van der Waals surface area contributed by atoms with Crippen LogP contribution in [0.1, 0.15) is 23.1 Å². The molecule has 0 radical (unpaired) electrons. The largest absolute Gasteiger partial charge is 0.479 e. The number of carboxylic acid groups (broad SMARTS) is 1. The molecule has 0 bridgehead atoms. The molecule has 112 valence electrons. The topological polar surface area (TPSA) is 62.5 Å². The number of furan rings is 1. The number of aliphatic carboxylic acids is 1. The minimum absolute atomic E-state index is 0.380. The predicted molar refractivity (Wildman–Crippen MR) is 86.1 cm³/mol. The molecule has 4 nitrogen and oxygen atoms in total. The van der Waals surface area contributed by atoms with Gasteiger partial charge in [0.25, 0.3) is 0 Å². The van der Waals surface area contributed by atoms with Gasteiger partial charge in [-0.3, -0.25) is 0 Å². The summed E-state index contributed by atoms with van der Waals surface area (Å²) in [5.41, 5.74) is 1.49. The van der Waals surface area contributed by atoms with Crippen LogP contribution in [-0.4, -0.2) is 17.3 Å². The van der Waals surface area contributed by atoms with E-state index in [1.165, 1.54) is 0 Å². The van der Waals surface area contributed by atoms with Crippen LogP contribution in [0.5, 0.6) is 0 Å². The van der Waals surface area contributed by atoms with Crippen LogP contribution < -0.4 is 5.32 Å². The molecule has 2 aromatic rings. The fraction of sp³-hybridized carbons (Fsp3) is 0.267. The number of hydrogen-bond acceptors (Lipinski definition) is 4. The van der Waals surface area contributed by atoms with Crippen molar-refractivity contribution in [1.82, 2.24) is 0 Å². The highest BCUT2D eigenvalue weighted by atomic mass is 35.5. The van der Waals surface area contributed by atoms with Gasteiger partial charge in [-0.25, -0.2) is 4.79 Å². The van der Waals surface area contributed by atoms with E-state index >= 15 is 0 Å². The molecule has 0 saturated carbocycles. The van der Waals surface area contributed by atoms with E-state index in [0.29, 0.717) is 22.2 Å². The summed E-state index contributed by atoms with van der Waals surface area (Å²) in [5, 5.41) is 13.0. The Morgan fingerprint density at radius 3 is 2.86 bits per heavy atom. The molecule has 0 aliphatic carbocycles. The number of anilines is 1. The van der Waals surface area contributed by atoms with E-state index in [-0.39, 0.29) is 0 Å². The minimum Gasteiger partial charge on any atom is -0.479 e. The first kappa shape index (κ1) is 15.8. The maximum atomic E-state index is 11.5. The molecule has 0 aliphatic heterocycles. The average Bonchev–Trinajstić information content (AvgIpc) is 2.89. The first-order chi connectivity index (χ1) is 10.0. The Labute approximate surface area is 132 Å². The molecule has 1 heterocycles. The molecule has 1 aromatic heterocycles. The Morgan fingerprint density at radius 1 is 1.43 bits per heavy atom. The van der Waals surface area contributed by atoms with Crippen LogP contribution in [0.3, 0.4) is 0 Å². The van der Waals surface area contributed by atoms with Gasteiger partial charge < -0.3 is 14.8 Å². The van der Waals surface area contributed by atoms with E-state index in [2.05, 4.69) is 5.32 Å². The van der Waals surface area contributed by atoms with Crippen LogP contribution in [0.2, 0.25) is 5.02 Å². The number of carboxylic acids is 1. The third-order valence-electron chi connectivity index (χ3n) is 3.07. The molecule has 0 amide bonds. The molecule has 0 spiro atoms. The van der Waals surface area contributed by atoms with Gasteiger partial charge in [-0.1, -0.05) is 17.7 Å². The maximum Gasteiger partial charge on any atom is 0.334 e. The summed E-state index contributed by atoms with van der Waals surface area (Å²) in [4.78, 5) is 11.5. The summed E-state index contributed by atoms with van der Waals surface area (Å²) < 4.78 is 5.59. The zero-order chi connectivity index (χ0) is 15.4. The first-order valence-corrected chi connectivity index (χ1v) is 8.12. The Hall–Kier alpha value is -1.59. The van der Waals surface area contributed by atoms with E-state index in [4.69, 9.17) is 16.0 Å². The molecule has 0 fully saturated rings. The van der Waals surface area contributed by atoms with Crippen LogP contribution >= 0.6 is 23.4 Å². The second kappa shape index (κ2) is 6.91. The quantitative estimate of drug-likeness (QED) is 0.827. The standard InChI is InChI=1S/C15H16ClNO3S/c1-9-11(16)4-3-5-12(9)17-14(15(18)19)13-7-6-10(20-13)8-21-2/h3-7,14,17H,8H2,1-2H3,(H,18,19). The van der Waals surface area contributed by atoms with Crippen LogP contribution in [0.25, 0.3) is 0 Å². The van der Waals surface area contributed by atoms with E-state index in [1.54, 1.807) is 42.1 Å². The zero-order valence-corrected chi connectivity index (χ0v) is 13.3. The number of hydrogen-bond donors (Lipinski definition) is 2. The van der Waals surface area contributed by atoms with Crippen molar-refractivity contribution in [3.05, 3.63) is 52.4 Å². The van der Waals surface area contributed by atoms with Crippen LogP contribution in [0.4, 0.5) is 5.69 Å². The number of rotatable bonds is 6. The minimum atomic E-state index is -1.00. The number of halogens is 1. The third-order valence-corrected chi connectivity index (χ3v) is 4.05. The Bertz CT molecular complexity index is 642. The number of carbonyl (C=O) groups is 1. The third kappa shape index (κ3) is 3.74. The lowest BCUT2D eigenvalue weighted by Crippen LogP contribution is -2.20. The molecule has 0 saturated heterocycles. The van der Waals surface area contributed by atoms with Gasteiger partial charge in [0.2, 0.25) is 0 Å². The second-order valence-electron chi connectivity index (χ2n) is 4.57. The molecule has 1 atom stereocenters. The van der Waals surface area contributed by atoms with Crippen molar-refractivity contribution in [2.75, 3.05) is 11.6 Å². The highest BCUT2D eigenvalue weighted by Crippen LogP contribution is 2.28. The molecular weight excluding hydrogens is 310 g/mol. The van der Waals surface area contributed by atoms with Gasteiger partial charge >= 0.3 is 5.97 Å². The lowest BCUT2D eigenvalue weighted by molar-refractivity contribution is -0.138. The fourth-order valence-corrected chi connectivity index (χ4v) is 2.56. The monoisotopic (exact) mass is 325 g/mol. The van der Waals surface area contributed by atoms with Gasteiger partial charge in [0.1, 0.15) is 11.5 Å². The Balaban J connectivity index is 2.26.